The molecule has 0 saturated carbocycles. The maximum atomic E-state index is 10.5. The van der Waals surface area contributed by atoms with Gasteiger partial charge in [0, 0.05) is 0 Å². The van der Waals surface area contributed by atoms with Crippen LogP contribution in [0, 0.1) is 20.8 Å². The van der Waals surface area contributed by atoms with Crippen molar-refractivity contribution in [2.24, 2.45) is 0 Å². The molecule has 0 aliphatic carbocycles. The van der Waals surface area contributed by atoms with Crippen LogP contribution in [0.3, 0.4) is 0 Å². The van der Waals surface area contributed by atoms with Crippen LogP contribution in [-0.4, -0.2) is 25.2 Å². The van der Waals surface area contributed by atoms with E-state index < -0.39 is 0 Å². The van der Waals surface area contributed by atoms with Crippen LogP contribution in [0.15, 0.2) is 12.1 Å². The Labute approximate surface area is 129 Å². The quantitative estimate of drug-likeness (QED) is 0.837. The number of amides is 1. The number of hydrogen-bond acceptors (Lipinski definition) is 3. The zero-order valence-corrected chi connectivity index (χ0v) is 14.7. The molecular formula is C17H30N2O2. The molecule has 4 nitrogen and oxygen atoms in total. The van der Waals surface area contributed by atoms with Gasteiger partial charge in [0.15, 0.2) is 0 Å². The predicted molar refractivity (Wildman–Crippen MR) is 88.8 cm³/mol. The molecule has 0 atom stereocenters. The fourth-order valence-electron chi connectivity index (χ4n) is 2.23. The molecule has 1 aromatic rings. The van der Waals surface area contributed by atoms with Crippen LogP contribution in [0.2, 0.25) is 0 Å². The molecule has 2 rings (SSSR count). The van der Waals surface area contributed by atoms with Crippen molar-refractivity contribution in [1.82, 2.24) is 10.6 Å². The van der Waals surface area contributed by atoms with E-state index in [-0.39, 0.29) is 11.6 Å². The highest BCUT2D eigenvalue weighted by Crippen LogP contribution is 2.23. The summed E-state index contributed by atoms with van der Waals surface area (Å²) in [5, 5.41) is 5.73. The number of benzene rings is 1. The fourth-order valence-corrected chi connectivity index (χ4v) is 2.23. The van der Waals surface area contributed by atoms with Gasteiger partial charge >= 0.3 is 0 Å². The Kier molecular flexibility index (Phi) is 8.03. The minimum atomic E-state index is -0.183. The molecular weight excluding hydrogens is 264 g/mol. The lowest BCUT2D eigenvalue weighted by atomic mass is 10.1. The lowest BCUT2D eigenvalue weighted by Crippen LogP contribution is -2.42. The van der Waals surface area contributed by atoms with Gasteiger partial charge in [-0.1, -0.05) is 31.5 Å². The molecule has 21 heavy (non-hydrogen) atoms. The molecule has 0 aromatic heterocycles. The third-order valence-corrected chi connectivity index (χ3v) is 2.95. The van der Waals surface area contributed by atoms with E-state index in [1.807, 2.05) is 27.7 Å². The molecule has 1 saturated heterocycles. The summed E-state index contributed by atoms with van der Waals surface area (Å²) in [5.74, 6) is 1.09. The van der Waals surface area contributed by atoms with Crippen molar-refractivity contribution >= 4 is 5.91 Å². The summed E-state index contributed by atoms with van der Waals surface area (Å²) in [7, 11) is 1.71. The first-order valence-electron chi connectivity index (χ1n) is 7.43. The minimum Gasteiger partial charge on any atom is -0.496 e. The van der Waals surface area contributed by atoms with Crippen molar-refractivity contribution in [2.75, 3.05) is 13.7 Å². The minimum absolute atomic E-state index is 0.0787. The SMILES string of the molecule is CC.CC1(C)NCC(=O)N1.COc1c(C)cc(C)cc1C. The fraction of sp³-hybridized carbons (Fsp3) is 0.588. The molecule has 1 aliphatic heterocycles. The molecule has 0 radical (unpaired) electrons. The number of aryl methyl sites for hydroxylation is 3. The van der Waals surface area contributed by atoms with Crippen molar-refractivity contribution < 1.29 is 9.53 Å². The van der Waals surface area contributed by atoms with Crippen molar-refractivity contribution in [3.05, 3.63) is 28.8 Å². The molecule has 1 amide bonds. The first-order valence-corrected chi connectivity index (χ1v) is 7.43. The van der Waals surface area contributed by atoms with Gasteiger partial charge in [-0.05, 0) is 45.7 Å². The van der Waals surface area contributed by atoms with Gasteiger partial charge in [-0.25, -0.2) is 0 Å². The average molecular weight is 294 g/mol. The largest absolute Gasteiger partial charge is 0.496 e. The van der Waals surface area contributed by atoms with Crippen LogP contribution in [-0.2, 0) is 4.79 Å². The van der Waals surface area contributed by atoms with Gasteiger partial charge < -0.3 is 10.1 Å². The van der Waals surface area contributed by atoms with Crippen LogP contribution >= 0.6 is 0 Å². The van der Waals surface area contributed by atoms with Gasteiger partial charge in [0.1, 0.15) is 5.75 Å². The molecule has 0 unspecified atom stereocenters. The van der Waals surface area contributed by atoms with E-state index in [1.54, 1.807) is 7.11 Å². The average Bonchev–Trinajstić information content (AvgIpc) is 2.69. The summed E-state index contributed by atoms with van der Waals surface area (Å²) in [4.78, 5) is 10.5. The zero-order valence-electron chi connectivity index (χ0n) is 14.7. The van der Waals surface area contributed by atoms with E-state index in [2.05, 4.69) is 43.5 Å². The molecule has 2 N–H and O–H groups in total. The summed E-state index contributed by atoms with van der Waals surface area (Å²) in [6, 6.07) is 4.26. The molecule has 4 heteroatoms. The topological polar surface area (TPSA) is 50.4 Å². The predicted octanol–water partition coefficient (Wildman–Crippen LogP) is 3.09. The van der Waals surface area contributed by atoms with E-state index in [9.17, 15) is 4.79 Å². The molecule has 1 fully saturated rings. The number of rotatable bonds is 1. The maximum absolute atomic E-state index is 10.5. The van der Waals surface area contributed by atoms with Crippen LogP contribution in [0.5, 0.6) is 5.75 Å². The van der Waals surface area contributed by atoms with E-state index in [4.69, 9.17) is 4.74 Å². The second kappa shape index (κ2) is 8.67. The van der Waals surface area contributed by atoms with Gasteiger partial charge in [-0.15, -0.1) is 0 Å². The molecule has 1 aromatic carbocycles. The van der Waals surface area contributed by atoms with Crippen molar-refractivity contribution in [3.8, 4) is 5.75 Å². The van der Waals surface area contributed by atoms with Crippen LogP contribution in [0.25, 0.3) is 0 Å². The Morgan fingerprint density at radius 3 is 1.81 bits per heavy atom. The van der Waals surface area contributed by atoms with Gasteiger partial charge in [-0.2, -0.15) is 0 Å². The second-order valence-corrected chi connectivity index (χ2v) is 5.46. The van der Waals surface area contributed by atoms with Gasteiger partial charge in [-0.3, -0.25) is 10.1 Å². The van der Waals surface area contributed by atoms with Gasteiger partial charge in [0.05, 0.1) is 19.3 Å². The summed E-state index contributed by atoms with van der Waals surface area (Å²) in [6.45, 7) is 14.5. The molecule has 120 valence electrons. The second-order valence-electron chi connectivity index (χ2n) is 5.46. The standard InChI is InChI=1S/C10H14O.C5H10N2O.C2H6/c1-7-5-8(2)10(11-4)9(3)6-7;1-5(2)6-3-4(8)7-5;1-2/h5-6H,1-4H3;6H,3H2,1-2H3,(H,7,8);1-2H3. The third kappa shape index (κ3) is 6.63. The number of methoxy groups -OCH3 is 1. The summed E-state index contributed by atoms with van der Waals surface area (Å²) in [5.41, 5.74) is 3.53. The Morgan fingerprint density at radius 1 is 1.10 bits per heavy atom. The molecule has 1 aliphatic rings. The van der Waals surface area contributed by atoms with Crippen molar-refractivity contribution in [1.29, 1.82) is 0 Å². The van der Waals surface area contributed by atoms with Crippen LogP contribution in [0.4, 0.5) is 0 Å². The van der Waals surface area contributed by atoms with E-state index in [0.29, 0.717) is 6.54 Å². The summed E-state index contributed by atoms with van der Waals surface area (Å²) < 4.78 is 5.23. The Hall–Kier alpha value is -1.55. The lowest BCUT2D eigenvalue weighted by molar-refractivity contribution is -0.118. The highest BCUT2D eigenvalue weighted by atomic mass is 16.5. The maximum Gasteiger partial charge on any atom is 0.235 e. The number of nitrogens with one attached hydrogen (secondary N) is 2. The highest BCUT2D eigenvalue weighted by Gasteiger charge is 2.26. The number of carbonyl (C=O) groups is 1. The van der Waals surface area contributed by atoms with E-state index >= 15 is 0 Å². The third-order valence-electron chi connectivity index (χ3n) is 2.95. The van der Waals surface area contributed by atoms with Crippen molar-refractivity contribution in [2.45, 2.75) is 54.1 Å². The first-order chi connectivity index (χ1) is 9.75. The number of hydrogen-bond donors (Lipinski definition) is 2. The highest BCUT2D eigenvalue weighted by molar-refractivity contribution is 5.80. The van der Waals surface area contributed by atoms with Crippen LogP contribution in [0.1, 0.15) is 44.4 Å². The van der Waals surface area contributed by atoms with Crippen LogP contribution < -0.4 is 15.4 Å². The molecule has 0 bridgehead atoms. The van der Waals surface area contributed by atoms with Crippen molar-refractivity contribution in [3.63, 3.8) is 0 Å². The Morgan fingerprint density at radius 2 is 1.57 bits per heavy atom. The molecule has 0 spiro atoms. The normalized spacial score (nSPS) is 15.1. The lowest BCUT2D eigenvalue weighted by Gasteiger charge is -2.16. The van der Waals surface area contributed by atoms with E-state index in [1.165, 1.54) is 16.7 Å². The monoisotopic (exact) mass is 294 g/mol. The Bertz CT molecular complexity index is 445. The summed E-state index contributed by atoms with van der Waals surface area (Å²) in [6.07, 6.45) is 0. The first kappa shape index (κ1) is 19.4. The summed E-state index contributed by atoms with van der Waals surface area (Å²) >= 11 is 0. The number of carbonyl (C=O) groups excluding carboxylic acids is 1. The zero-order chi connectivity index (χ0) is 16.6. The smallest absolute Gasteiger partial charge is 0.235 e. The molecule has 1 heterocycles. The number of ether oxygens (including phenoxy) is 1. The Balaban J connectivity index is 0.000000354. The van der Waals surface area contributed by atoms with E-state index in [0.717, 1.165) is 5.75 Å². The van der Waals surface area contributed by atoms with Gasteiger partial charge in [0.25, 0.3) is 0 Å². The van der Waals surface area contributed by atoms with Gasteiger partial charge in [0.2, 0.25) is 5.91 Å².